The topological polar surface area (TPSA) is 33.2 Å². The van der Waals surface area contributed by atoms with Gasteiger partial charge in [0.25, 0.3) is 0 Å². The van der Waals surface area contributed by atoms with Gasteiger partial charge in [0.2, 0.25) is 0 Å². The first-order chi connectivity index (χ1) is 7.66. The minimum absolute atomic E-state index is 0.0215. The smallest absolute Gasteiger partial charge is 0.178 e. The second-order valence-electron chi connectivity index (χ2n) is 4.64. The van der Waals surface area contributed by atoms with Crippen molar-refractivity contribution >= 4 is 11.5 Å². The van der Waals surface area contributed by atoms with Gasteiger partial charge in [-0.25, -0.2) is 0 Å². The van der Waals surface area contributed by atoms with Crippen molar-refractivity contribution < 1.29 is 4.79 Å². The van der Waals surface area contributed by atoms with E-state index >= 15 is 0 Å². The quantitative estimate of drug-likeness (QED) is 0.728. The van der Waals surface area contributed by atoms with Crippen molar-refractivity contribution in [2.75, 3.05) is 18.5 Å². The van der Waals surface area contributed by atoms with Gasteiger partial charge in [0.15, 0.2) is 5.78 Å². The molecule has 0 spiro atoms. The van der Waals surface area contributed by atoms with Crippen LogP contribution in [0.25, 0.3) is 0 Å². The first-order valence-electron chi connectivity index (χ1n) is 5.85. The average Bonchev–Trinajstić information content (AvgIpc) is 2.23. The van der Waals surface area contributed by atoms with Crippen molar-refractivity contribution in [3.05, 3.63) is 24.0 Å². The molecule has 0 unspecified atom stereocenters. The van der Waals surface area contributed by atoms with Crippen LogP contribution in [0.2, 0.25) is 0 Å². The second kappa shape index (κ2) is 4.64. The van der Waals surface area contributed by atoms with Gasteiger partial charge in [0.1, 0.15) is 5.69 Å². The predicted molar refractivity (Wildman–Crippen MR) is 64.9 cm³/mol. The van der Waals surface area contributed by atoms with Crippen LogP contribution < -0.4 is 4.90 Å². The maximum absolute atomic E-state index is 11.1. The second-order valence-corrected chi connectivity index (χ2v) is 4.64. The third kappa shape index (κ3) is 2.40. The van der Waals surface area contributed by atoms with Crippen molar-refractivity contribution in [1.82, 2.24) is 4.98 Å². The van der Waals surface area contributed by atoms with Gasteiger partial charge in [-0.1, -0.05) is 6.42 Å². The van der Waals surface area contributed by atoms with Gasteiger partial charge >= 0.3 is 0 Å². The largest absolute Gasteiger partial charge is 0.373 e. The van der Waals surface area contributed by atoms with Gasteiger partial charge in [0, 0.05) is 20.5 Å². The summed E-state index contributed by atoms with van der Waals surface area (Å²) in [5, 5.41) is 0. The molecule has 1 aromatic heterocycles. The molecule has 1 fully saturated rings. The summed E-state index contributed by atoms with van der Waals surface area (Å²) in [5.41, 5.74) is 1.64. The highest BCUT2D eigenvalue weighted by Gasteiger charge is 2.19. The number of rotatable bonds is 4. The minimum atomic E-state index is 0.0215. The number of carbonyl (C=O) groups is 1. The molecular weight excluding hydrogens is 200 g/mol. The molecule has 86 valence electrons. The Balaban J connectivity index is 1.99. The number of pyridine rings is 1. The molecular formula is C13H18N2O. The predicted octanol–water partition coefficient (Wildman–Crippen LogP) is 2.52. The summed E-state index contributed by atoms with van der Waals surface area (Å²) in [4.78, 5) is 17.5. The molecule has 0 aliphatic heterocycles. The van der Waals surface area contributed by atoms with E-state index in [4.69, 9.17) is 0 Å². The van der Waals surface area contributed by atoms with Crippen LogP contribution in [0.3, 0.4) is 0 Å². The Hall–Kier alpha value is -1.38. The summed E-state index contributed by atoms with van der Waals surface area (Å²) in [7, 11) is 2.09. The number of ketones is 1. The Morgan fingerprint density at radius 2 is 2.25 bits per heavy atom. The summed E-state index contributed by atoms with van der Waals surface area (Å²) >= 11 is 0. The molecule has 0 radical (unpaired) electrons. The SMILES string of the molecule is CC(=O)c1ccc(N(C)CC2CCC2)cn1. The summed E-state index contributed by atoms with van der Waals surface area (Å²) in [6, 6.07) is 3.78. The third-order valence-corrected chi connectivity index (χ3v) is 3.31. The number of aromatic nitrogens is 1. The lowest BCUT2D eigenvalue weighted by molar-refractivity contribution is 0.101. The summed E-state index contributed by atoms with van der Waals surface area (Å²) in [5.74, 6) is 0.866. The molecule has 1 aliphatic carbocycles. The van der Waals surface area contributed by atoms with E-state index in [1.807, 2.05) is 6.07 Å². The molecule has 0 N–H and O–H groups in total. The number of anilines is 1. The summed E-state index contributed by atoms with van der Waals surface area (Å²) in [6.07, 6.45) is 5.86. The molecule has 0 amide bonds. The molecule has 1 saturated carbocycles. The monoisotopic (exact) mass is 218 g/mol. The Labute approximate surface area is 96.5 Å². The average molecular weight is 218 g/mol. The van der Waals surface area contributed by atoms with E-state index in [0.29, 0.717) is 5.69 Å². The molecule has 1 aromatic rings. The molecule has 16 heavy (non-hydrogen) atoms. The summed E-state index contributed by atoms with van der Waals surface area (Å²) < 4.78 is 0. The van der Waals surface area contributed by atoms with Gasteiger partial charge in [-0.2, -0.15) is 0 Å². The third-order valence-electron chi connectivity index (χ3n) is 3.31. The van der Waals surface area contributed by atoms with E-state index in [9.17, 15) is 4.79 Å². The number of carbonyl (C=O) groups excluding carboxylic acids is 1. The van der Waals surface area contributed by atoms with Crippen LogP contribution in [0.4, 0.5) is 5.69 Å². The van der Waals surface area contributed by atoms with Crippen LogP contribution in [0.5, 0.6) is 0 Å². The fraction of sp³-hybridized carbons (Fsp3) is 0.538. The van der Waals surface area contributed by atoms with Crippen molar-refractivity contribution in [3.63, 3.8) is 0 Å². The van der Waals surface area contributed by atoms with Gasteiger partial charge in [0.05, 0.1) is 11.9 Å². The van der Waals surface area contributed by atoms with Crippen molar-refractivity contribution in [2.24, 2.45) is 5.92 Å². The van der Waals surface area contributed by atoms with Crippen molar-refractivity contribution in [2.45, 2.75) is 26.2 Å². The lowest BCUT2D eigenvalue weighted by Gasteiger charge is -2.31. The molecule has 0 saturated heterocycles. The molecule has 0 bridgehead atoms. The number of Topliss-reactive ketones (excluding diaryl/α,β-unsaturated/α-hetero) is 1. The molecule has 1 heterocycles. The van der Waals surface area contributed by atoms with E-state index in [0.717, 1.165) is 18.2 Å². The number of nitrogens with zero attached hydrogens (tertiary/aromatic N) is 2. The van der Waals surface area contributed by atoms with Crippen molar-refractivity contribution in [1.29, 1.82) is 0 Å². The zero-order chi connectivity index (χ0) is 11.5. The Kier molecular flexibility index (Phi) is 3.22. The van der Waals surface area contributed by atoms with Crippen LogP contribution in [-0.4, -0.2) is 24.4 Å². The first kappa shape index (κ1) is 11.1. The molecule has 0 atom stereocenters. The lowest BCUT2D eigenvalue weighted by atomic mass is 9.85. The van der Waals surface area contributed by atoms with Gasteiger partial charge < -0.3 is 4.90 Å². The fourth-order valence-electron chi connectivity index (χ4n) is 1.99. The molecule has 3 nitrogen and oxygen atoms in total. The normalized spacial score (nSPS) is 15.6. The van der Waals surface area contributed by atoms with Gasteiger partial charge in [-0.15, -0.1) is 0 Å². The van der Waals surface area contributed by atoms with Crippen LogP contribution in [0.1, 0.15) is 36.7 Å². The number of hydrogen-bond acceptors (Lipinski definition) is 3. The maximum Gasteiger partial charge on any atom is 0.178 e. The van der Waals surface area contributed by atoms with Crippen molar-refractivity contribution in [3.8, 4) is 0 Å². The molecule has 0 aromatic carbocycles. The minimum Gasteiger partial charge on any atom is -0.373 e. The highest BCUT2D eigenvalue weighted by molar-refractivity contribution is 5.92. The van der Waals surface area contributed by atoms with E-state index in [-0.39, 0.29) is 5.78 Å². The Morgan fingerprint density at radius 1 is 1.50 bits per heavy atom. The zero-order valence-electron chi connectivity index (χ0n) is 9.94. The fourth-order valence-corrected chi connectivity index (χ4v) is 1.99. The van der Waals surface area contributed by atoms with E-state index in [2.05, 4.69) is 16.9 Å². The highest BCUT2D eigenvalue weighted by Crippen LogP contribution is 2.28. The Bertz CT molecular complexity index is 368. The van der Waals surface area contributed by atoms with Gasteiger partial charge in [-0.05, 0) is 30.9 Å². The Morgan fingerprint density at radius 3 is 2.69 bits per heavy atom. The van der Waals surface area contributed by atoms with Crippen LogP contribution in [0, 0.1) is 5.92 Å². The molecule has 2 rings (SSSR count). The highest BCUT2D eigenvalue weighted by atomic mass is 16.1. The van der Waals surface area contributed by atoms with E-state index < -0.39 is 0 Å². The van der Waals surface area contributed by atoms with E-state index in [1.165, 1.54) is 19.3 Å². The van der Waals surface area contributed by atoms with Gasteiger partial charge in [-0.3, -0.25) is 9.78 Å². The first-order valence-corrected chi connectivity index (χ1v) is 5.85. The molecule has 1 aliphatic rings. The van der Waals surface area contributed by atoms with E-state index in [1.54, 1.807) is 19.2 Å². The van der Waals surface area contributed by atoms with Crippen LogP contribution >= 0.6 is 0 Å². The summed E-state index contributed by atoms with van der Waals surface area (Å²) in [6.45, 7) is 2.64. The van der Waals surface area contributed by atoms with Crippen LogP contribution in [-0.2, 0) is 0 Å². The maximum atomic E-state index is 11.1. The zero-order valence-corrected chi connectivity index (χ0v) is 9.94. The van der Waals surface area contributed by atoms with Crippen LogP contribution in [0.15, 0.2) is 18.3 Å². The number of hydrogen-bond donors (Lipinski definition) is 0. The standard InChI is InChI=1S/C13H18N2O/c1-10(16)13-7-6-12(8-14-13)15(2)9-11-4-3-5-11/h6-8,11H,3-5,9H2,1-2H3. The molecule has 3 heteroatoms. The lowest BCUT2D eigenvalue weighted by Crippen LogP contribution is -2.29.